The summed E-state index contributed by atoms with van der Waals surface area (Å²) in [7, 11) is -3.18. The predicted octanol–water partition coefficient (Wildman–Crippen LogP) is 0.667. The van der Waals surface area contributed by atoms with Crippen molar-refractivity contribution < 1.29 is 17.9 Å². The molecule has 2 aliphatic rings. The van der Waals surface area contributed by atoms with Gasteiger partial charge in [0.05, 0.1) is 11.8 Å². The second-order valence-electron chi connectivity index (χ2n) is 6.06. The van der Waals surface area contributed by atoms with Gasteiger partial charge in [-0.1, -0.05) is 18.2 Å². The fourth-order valence-electron chi connectivity index (χ4n) is 3.04. The first-order chi connectivity index (χ1) is 11.5. The second-order valence-corrected chi connectivity index (χ2v) is 8.31. The van der Waals surface area contributed by atoms with E-state index in [0.717, 1.165) is 17.7 Å². The van der Waals surface area contributed by atoms with Crippen LogP contribution in [0.3, 0.4) is 0 Å². The van der Waals surface area contributed by atoms with Crippen molar-refractivity contribution in [2.24, 2.45) is 0 Å². The Morgan fingerprint density at radius 1 is 1.25 bits per heavy atom. The monoisotopic (exact) mass is 353 g/mol. The van der Waals surface area contributed by atoms with E-state index in [2.05, 4.69) is 5.32 Å². The zero-order valence-corrected chi connectivity index (χ0v) is 14.6. The molecule has 0 radical (unpaired) electrons. The molecule has 1 saturated heterocycles. The molecule has 2 aliphatic heterocycles. The number of ether oxygens (including phenoxy) is 1. The zero-order valence-electron chi connectivity index (χ0n) is 13.8. The van der Waals surface area contributed by atoms with E-state index in [1.165, 1.54) is 4.31 Å². The maximum Gasteiger partial charge on any atom is 0.317 e. The summed E-state index contributed by atoms with van der Waals surface area (Å²) in [5.41, 5.74) is 1.09. The molecular formula is C16H23N3O4S. The Labute approximate surface area is 142 Å². The van der Waals surface area contributed by atoms with E-state index in [9.17, 15) is 13.2 Å². The molecule has 1 unspecified atom stereocenters. The van der Waals surface area contributed by atoms with Crippen LogP contribution in [0.1, 0.15) is 12.5 Å². The number of carbonyl (C=O) groups is 1. The topological polar surface area (TPSA) is 79.0 Å². The predicted molar refractivity (Wildman–Crippen MR) is 90.6 cm³/mol. The number of rotatable bonds is 3. The van der Waals surface area contributed by atoms with E-state index < -0.39 is 10.0 Å². The molecule has 0 spiro atoms. The fourth-order valence-corrected chi connectivity index (χ4v) is 4.12. The van der Waals surface area contributed by atoms with Crippen molar-refractivity contribution in [3.63, 3.8) is 0 Å². The number of sulfonamides is 1. The van der Waals surface area contributed by atoms with Crippen molar-refractivity contribution in [3.8, 4) is 5.75 Å². The van der Waals surface area contributed by atoms with E-state index in [4.69, 9.17) is 4.74 Å². The zero-order chi connectivity index (χ0) is 17.2. The molecule has 0 aromatic heterocycles. The van der Waals surface area contributed by atoms with Crippen LogP contribution in [0.2, 0.25) is 0 Å². The van der Waals surface area contributed by atoms with E-state index >= 15 is 0 Å². The number of piperazine rings is 1. The molecule has 1 atom stereocenters. The summed E-state index contributed by atoms with van der Waals surface area (Å²) in [6.07, 6.45) is 0.742. The van der Waals surface area contributed by atoms with E-state index in [-0.39, 0.29) is 17.8 Å². The highest BCUT2D eigenvalue weighted by atomic mass is 32.2. The Hall–Kier alpha value is -1.80. The molecule has 7 nitrogen and oxygen atoms in total. The first kappa shape index (κ1) is 17.0. The molecule has 0 saturated carbocycles. The molecule has 2 heterocycles. The van der Waals surface area contributed by atoms with Gasteiger partial charge in [-0.25, -0.2) is 13.2 Å². The molecule has 24 heavy (non-hydrogen) atoms. The first-order valence-corrected chi connectivity index (χ1v) is 9.84. The van der Waals surface area contributed by atoms with Gasteiger partial charge in [-0.3, -0.25) is 0 Å². The van der Waals surface area contributed by atoms with Crippen molar-refractivity contribution in [1.29, 1.82) is 0 Å². The van der Waals surface area contributed by atoms with Gasteiger partial charge < -0.3 is 15.0 Å². The summed E-state index contributed by atoms with van der Waals surface area (Å²) in [6.45, 7) is 3.62. The van der Waals surface area contributed by atoms with Gasteiger partial charge in [0.25, 0.3) is 0 Å². The number of hydrogen-bond acceptors (Lipinski definition) is 4. The summed E-state index contributed by atoms with van der Waals surface area (Å²) < 4.78 is 30.8. The highest BCUT2D eigenvalue weighted by molar-refractivity contribution is 7.89. The number of nitrogens with zero attached hydrogens (tertiary/aromatic N) is 2. The number of urea groups is 1. The van der Waals surface area contributed by atoms with Gasteiger partial charge in [-0.2, -0.15) is 4.31 Å². The number of amides is 2. The van der Waals surface area contributed by atoms with Gasteiger partial charge in [0, 0.05) is 26.2 Å². The van der Waals surface area contributed by atoms with Gasteiger partial charge in [0.1, 0.15) is 12.4 Å². The normalized spacial score (nSPS) is 21.7. The smallest absolute Gasteiger partial charge is 0.317 e. The van der Waals surface area contributed by atoms with Crippen LogP contribution in [-0.2, 0) is 16.4 Å². The van der Waals surface area contributed by atoms with Crippen LogP contribution < -0.4 is 10.1 Å². The van der Waals surface area contributed by atoms with Crippen LogP contribution in [0.4, 0.5) is 4.79 Å². The minimum atomic E-state index is -3.18. The second kappa shape index (κ2) is 6.98. The highest BCUT2D eigenvalue weighted by Gasteiger charge is 2.29. The lowest BCUT2D eigenvalue weighted by atomic mass is 10.0. The summed E-state index contributed by atoms with van der Waals surface area (Å²) in [5, 5.41) is 2.99. The van der Waals surface area contributed by atoms with Crippen LogP contribution in [0.15, 0.2) is 24.3 Å². The lowest BCUT2D eigenvalue weighted by Gasteiger charge is -2.35. The molecular weight excluding hydrogens is 330 g/mol. The molecule has 1 aromatic carbocycles. The average Bonchev–Trinajstić information content (AvgIpc) is 2.61. The van der Waals surface area contributed by atoms with Crippen molar-refractivity contribution in [3.05, 3.63) is 29.8 Å². The van der Waals surface area contributed by atoms with Crippen LogP contribution in [0.5, 0.6) is 5.75 Å². The Morgan fingerprint density at radius 3 is 2.67 bits per heavy atom. The van der Waals surface area contributed by atoms with Gasteiger partial charge >= 0.3 is 6.03 Å². The van der Waals surface area contributed by atoms with Crippen LogP contribution in [-0.4, -0.2) is 68.2 Å². The number of fused-ring (bicyclic) bond motifs is 1. The van der Waals surface area contributed by atoms with Crippen LogP contribution in [0.25, 0.3) is 0 Å². The lowest BCUT2D eigenvalue weighted by Crippen LogP contribution is -2.55. The fraction of sp³-hybridized carbons (Fsp3) is 0.562. The highest BCUT2D eigenvalue weighted by Crippen LogP contribution is 2.24. The molecule has 3 rings (SSSR count). The molecule has 0 aliphatic carbocycles. The minimum Gasteiger partial charge on any atom is -0.491 e. The number of hydrogen-bond donors (Lipinski definition) is 1. The molecule has 132 valence electrons. The Morgan fingerprint density at radius 2 is 1.96 bits per heavy atom. The van der Waals surface area contributed by atoms with E-state index in [0.29, 0.717) is 32.8 Å². The van der Waals surface area contributed by atoms with E-state index in [1.807, 2.05) is 24.3 Å². The van der Waals surface area contributed by atoms with Crippen LogP contribution >= 0.6 is 0 Å². The third-order valence-electron chi connectivity index (χ3n) is 4.49. The maximum atomic E-state index is 12.4. The number of para-hydroxylation sites is 1. The number of nitrogens with one attached hydrogen (secondary N) is 1. The molecule has 1 fully saturated rings. The number of carbonyl (C=O) groups excluding carboxylic acids is 1. The standard InChI is InChI=1S/C16H23N3O4S/c1-2-24(21,22)19-9-7-18(8-10-19)16(20)17-14-11-13-5-3-4-6-15(13)23-12-14/h3-6,14H,2,7-12H2,1H3,(H,17,20). The minimum absolute atomic E-state index is 0.0650. The third-order valence-corrected chi connectivity index (χ3v) is 6.37. The van der Waals surface area contributed by atoms with E-state index in [1.54, 1.807) is 11.8 Å². The van der Waals surface area contributed by atoms with Crippen molar-refractivity contribution in [2.75, 3.05) is 38.5 Å². The lowest BCUT2D eigenvalue weighted by molar-refractivity contribution is 0.160. The molecule has 1 N–H and O–H groups in total. The SMILES string of the molecule is CCS(=O)(=O)N1CCN(C(=O)NC2COc3ccccc3C2)CC1. The largest absolute Gasteiger partial charge is 0.491 e. The number of benzene rings is 1. The van der Waals surface area contributed by atoms with Gasteiger partial charge in [-0.05, 0) is 25.0 Å². The van der Waals surface area contributed by atoms with Crippen molar-refractivity contribution in [1.82, 2.24) is 14.5 Å². The average molecular weight is 353 g/mol. The molecule has 8 heteroatoms. The Bertz CT molecular complexity index is 699. The first-order valence-electron chi connectivity index (χ1n) is 8.23. The Kier molecular flexibility index (Phi) is 4.96. The van der Waals surface area contributed by atoms with Crippen LogP contribution in [0, 0.1) is 0 Å². The molecule has 2 amide bonds. The van der Waals surface area contributed by atoms with Crippen molar-refractivity contribution in [2.45, 2.75) is 19.4 Å². The molecule has 0 bridgehead atoms. The summed E-state index contributed by atoms with van der Waals surface area (Å²) in [5.74, 6) is 0.972. The summed E-state index contributed by atoms with van der Waals surface area (Å²) in [4.78, 5) is 14.1. The van der Waals surface area contributed by atoms with Gasteiger partial charge in [0.15, 0.2) is 0 Å². The quantitative estimate of drug-likeness (QED) is 0.866. The van der Waals surface area contributed by atoms with Gasteiger partial charge in [0.2, 0.25) is 10.0 Å². The van der Waals surface area contributed by atoms with Gasteiger partial charge in [-0.15, -0.1) is 0 Å². The summed E-state index contributed by atoms with van der Waals surface area (Å²) >= 11 is 0. The summed E-state index contributed by atoms with van der Waals surface area (Å²) in [6, 6.07) is 7.60. The molecule has 1 aromatic rings. The van der Waals surface area contributed by atoms with Crippen molar-refractivity contribution >= 4 is 16.1 Å². The Balaban J connectivity index is 1.52. The third kappa shape index (κ3) is 3.64. The maximum absolute atomic E-state index is 12.4.